The first-order valence-electron chi connectivity index (χ1n) is 16.7. The first kappa shape index (κ1) is 35.0. The summed E-state index contributed by atoms with van der Waals surface area (Å²) in [5.74, 6) is -6.56. The summed E-state index contributed by atoms with van der Waals surface area (Å²) in [6.45, 7) is 0. The predicted molar refractivity (Wildman–Crippen MR) is 194 cm³/mol. The van der Waals surface area contributed by atoms with E-state index in [0.29, 0.717) is 22.3 Å². The molecule has 6 aromatic rings. The molecular weight excluding hydrogens is 724 g/mol. The highest BCUT2D eigenvalue weighted by atomic mass is 16.6. The number of hydrogen-bond acceptors (Lipinski definition) is 9. The van der Waals surface area contributed by atoms with Gasteiger partial charge in [0.15, 0.2) is 0 Å². The average Bonchev–Trinajstić information content (AvgIpc) is 3.65. The van der Waals surface area contributed by atoms with Crippen LogP contribution in [0, 0.1) is 0 Å². The Bertz CT molecular complexity index is 2590. The minimum absolute atomic E-state index is 0.0779. The van der Waals surface area contributed by atoms with E-state index in [2.05, 4.69) is 0 Å². The topological polar surface area (TPSA) is 211 Å². The first-order valence-corrected chi connectivity index (χ1v) is 16.7. The van der Waals surface area contributed by atoms with Gasteiger partial charge in [-0.15, -0.1) is 0 Å². The fourth-order valence-corrected chi connectivity index (χ4v) is 7.45. The maximum atomic E-state index is 13.5. The van der Waals surface area contributed by atoms with Gasteiger partial charge in [-0.3, -0.25) is 0 Å². The number of esters is 2. The number of rotatable bonds is 10. The van der Waals surface area contributed by atoms with E-state index < -0.39 is 63.5 Å². The fraction of sp³-hybridized carbons (Fsp3) is 0.0233. The zero-order valence-electron chi connectivity index (χ0n) is 28.5. The van der Waals surface area contributed by atoms with Crippen molar-refractivity contribution < 1.29 is 63.4 Å². The molecule has 2 aliphatic rings. The Hall–Kier alpha value is -8.06. The lowest BCUT2D eigenvalue weighted by Gasteiger charge is -2.34. The maximum absolute atomic E-state index is 13.5. The highest BCUT2D eigenvalue weighted by Crippen LogP contribution is 2.58. The van der Waals surface area contributed by atoms with Gasteiger partial charge in [0.1, 0.15) is 23.0 Å². The molecule has 0 amide bonds. The van der Waals surface area contributed by atoms with Crippen molar-refractivity contribution in [3.63, 3.8) is 0 Å². The van der Waals surface area contributed by atoms with E-state index in [1.54, 1.807) is 60.7 Å². The van der Waals surface area contributed by atoms with Crippen LogP contribution in [-0.4, -0.2) is 56.2 Å². The molecule has 13 nitrogen and oxygen atoms in total. The summed E-state index contributed by atoms with van der Waals surface area (Å²) in [5, 5.41) is 38.0. The lowest BCUT2D eigenvalue weighted by atomic mass is 9.66. The van der Waals surface area contributed by atoms with E-state index in [1.807, 2.05) is 24.3 Å². The summed E-state index contributed by atoms with van der Waals surface area (Å²) in [5.41, 5.74) is 1.25. The predicted octanol–water partition coefficient (Wildman–Crippen LogP) is 7.74. The van der Waals surface area contributed by atoms with Gasteiger partial charge >= 0.3 is 35.8 Å². The van der Waals surface area contributed by atoms with Crippen LogP contribution in [-0.2, 0) is 10.2 Å². The van der Waals surface area contributed by atoms with Crippen LogP contribution >= 0.6 is 0 Å². The Morgan fingerprint density at radius 1 is 0.464 bits per heavy atom. The number of benzene rings is 6. The van der Waals surface area contributed by atoms with Crippen molar-refractivity contribution in [1.82, 2.24) is 0 Å². The Kier molecular flexibility index (Phi) is 8.19. The molecule has 1 heterocycles. The van der Waals surface area contributed by atoms with Crippen molar-refractivity contribution in [2.45, 2.75) is 5.41 Å². The van der Waals surface area contributed by atoms with Gasteiger partial charge in [-0.1, -0.05) is 54.6 Å². The van der Waals surface area contributed by atoms with Crippen LogP contribution in [0.15, 0.2) is 121 Å². The van der Waals surface area contributed by atoms with E-state index in [9.17, 15) is 49.2 Å². The number of carbonyl (C=O) groups excluding carboxylic acids is 2. The van der Waals surface area contributed by atoms with Gasteiger partial charge in [0, 0.05) is 0 Å². The van der Waals surface area contributed by atoms with Crippen LogP contribution in [0.1, 0.15) is 84.4 Å². The molecule has 274 valence electrons. The number of fused-ring (bicyclic) bond motifs is 5. The van der Waals surface area contributed by atoms with Gasteiger partial charge in [0.25, 0.3) is 0 Å². The van der Waals surface area contributed by atoms with Crippen LogP contribution in [0.5, 0.6) is 23.0 Å². The smallest absolute Gasteiger partial charge is 0.347 e. The number of aromatic carboxylic acids is 4. The molecule has 56 heavy (non-hydrogen) atoms. The minimum atomic E-state index is -1.44. The van der Waals surface area contributed by atoms with Gasteiger partial charge in [-0.2, -0.15) is 0 Å². The first-order chi connectivity index (χ1) is 26.9. The van der Waals surface area contributed by atoms with Crippen molar-refractivity contribution in [2.75, 3.05) is 0 Å². The third-order valence-electron chi connectivity index (χ3n) is 9.76. The van der Waals surface area contributed by atoms with Crippen LogP contribution in [0.2, 0.25) is 0 Å². The Morgan fingerprint density at radius 2 is 0.911 bits per heavy atom. The number of cyclic esters (lactones) is 2. The van der Waals surface area contributed by atoms with Crippen molar-refractivity contribution in [1.29, 1.82) is 0 Å². The second-order valence-corrected chi connectivity index (χ2v) is 12.8. The highest BCUT2D eigenvalue weighted by molar-refractivity contribution is 6.17. The Balaban J connectivity index is 1.27. The molecule has 4 N–H and O–H groups in total. The molecule has 0 saturated heterocycles. The van der Waals surface area contributed by atoms with E-state index >= 15 is 0 Å². The monoisotopic (exact) mass is 748 g/mol. The molecule has 6 aromatic carbocycles. The molecule has 0 fully saturated rings. The molecule has 0 spiro atoms. The van der Waals surface area contributed by atoms with Gasteiger partial charge in [-0.25, -0.2) is 28.8 Å². The molecular formula is C43H24O13. The molecule has 0 aromatic heterocycles. The van der Waals surface area contributed by atoms with Gasteiger partial charge < -0.3 is 34.6 Å². The molecule has 8 rings (SSSR count). The lowest BCUT2D eigenvalue weighted by molar-refractivity contribution is 0.0440. The number of carboxylic acid groups (broad SMARTS) is 4. The van der Waals surface area contributed by atoms with Gasteiger partial charge in [0.2, 0.25) is 0 Å². The minimum Gasteiger partial charge on any atom is -0.478 e. The molecule has 13 heteroatoms. The molecule has 1 aliphatic carbocycles. The number of hydrogen-bond donors (Lipinski definition) is 4. The number of ether oxygens (including phenoxy) is 3. The zero-order valence-corrected chi connectivity index (χ0v) is 28.5. The van der Waals surface area contributed by atoms with Crippen LogP contribution < -0.4 is 9.47 Å². The highest BCUT2D eigenvalue weighted by Gasteiger charge is 2.51. The van der Waals surface area contributed by atoms with Gasteiger partial charge in [0.05, 0.1) is 38.8 Å². The molecule has 1 aliphatic heterocycles. The summed E-state index contributed by atoms with van der Waals surface area (Å²) in [6.07, 6.45) is 0. The standard InChI is InChI=1S/C43H24O13/c44-37(45)29-15-13-25(19-32(29)39(48)49)54-23-9-5-21(6-10-23)43(22-7-11-24(12-8-22)55-26-14-16-30(38(46)47)33(20-26)40(50)51)34-4-2-1-3-27(34)28-17-18-31-35(36(28)43)42(53)56-41(31)52/h1-20H,(H,44,45)(H,46,47)(H,48,49)(H,50,51). The second kappa shape index (κ2) is 13.1. The summed E-state index contributed by atoms with van der Waals surface area (Å²) in [7, 11) is 0. The average molecular weight is 749 g/mol. The van der Waals surface area contributed by atoms with Gasteiger partial charge in [-0.05, 0) is 100 Å². The third-order valence-corrected chi connectivity index (χ3v) is 9.76. The van der Waals surface area contributed by atoms with Crippen molar-refractivity contribution in [3.05, 3.63) is 177 Å². The van der Waals surface area contributed by atoms with Crippen molar-refractivity contribution >= 4 is 35.8 Å². The molecule has 0 saturated carbocycles. The zero-order chi connectivity index (χ0) is 39.5. The summed E-state index contributed by atoms with van der Waals surface area (Å²) < 4.78 is 17.0. The van der Waals surface area contributed by atoms with Crippen LogP contribution in [0.25, 0.3) is 11.1 Å². The number of carbonyl (C=O) groups is 6. The Labute approximate surface area is 315 Å². The van der Waals surface area contributed by atoms with Crippen molar-refractivity contribution in [2.24, 2.45) is 0 Å². The fourth-order valence-electron chi connectivity index (χ4n) is 7.45. The lowest BCUT2D eigenvalue weighted by Crippen LogP contribution is -2.30. The SMILES string of the molecule is O=C(O)c1ccc(Oc2ccc(C3(c4ccc(Oc5ccc(C(=O)O)c(C(=O)O)c5)cc4)c4ccccc4-c4ccc5c(c43)C(=O)OC5=O)cc2)cc1C(=O)O. The summed E-state index contributed by atoms with van der Waals surface area (Å²) in [4.78, 5) is 73.1. The Morgan fingerprint density at radius 3 is 1.39 bits per heavy atom. The quantitative estimate of drug-likeness (QED) is 0.0780. The molecule has 0 radical (unpaired) electrons. The third kappa shape index (κ3) is 5.50. The van der Waals surface area contributed by atoms with E-state index in [4.69, 9.17) is 14.2 Å². The van der Waals surface area contributed by atoms with E-state index in [1.165, 1.54) is 12.1 Å². The van der Waals surface area contributed by atoms with E-state index in [-0.39, 0.29) is 34.1 Å². The maximum Gasteiger partial charge on any atom is 0.347 e. The molecule has 0 bridgehead atoms. The summed E-state index contributed by atoms with van der Waals surface area (Å²) in [6, 6.07) is 31.6. The van der Waals surface area contributed by atoms with E-state index in [0.717, 1.165) is 35.4 Å². The summed E-state index contributed by atoms with van der Waals surface area (Å²) >= 11 is 0. The normalized spacial score (nSPS) is 13.2. The second-order valence-electron chi connectivity index (χ2n) is 12.8. The molecule has 0 atom stereocenters. The largest absolute Gasteiger partial charge is 0.478 e. The molecule has 0 unspecified atom stereocenters. The number of carboxylic acids is 4. The van der Waals surface area contributed by atoms with Crippen molar-refractivity contribution in [3.8, 4) is 34.1 Å². The van der Waals surface area contributed by atoms with Crippen LogP contribution in [0.3, 0.4) is 0 Å². The van der Waals surface area contributed by atoms with Crippen LogP contribution in [0.4, 0.5) is 0 Å².